The van der Waals surface area contributed by atoms with Gasteiger partial charge in [-0.25, -0.2) is 0 Å². The lowest BCUT2D eigenvalue weighted by molar-refractivity contribution is -0.0230. The van der Waals surface area contributed by atoms with E-state index in [0.717, 1.165) is 32.8 Å². The van der Waals surface area contributed by atoms with Crippen molar-refractivity contribution in [3.05, 3.63) is 0 Å². The molecule has 0 aliphatic carbocycles. The smallest absolute Gasteiger partial charge is 0.0773 e. The standard InChI is InChI=1S/C13H29NO2/c1-6-9-15-10-12(14-7-2)13(11(4)5)16-8-3/h11-14H,6-10H2,1-5H3. The molecule has 0 saturated carbocycles. The van der Waals surface area contributed by atoms with Gasteiger partial charge in [0.05, 0.1) is 18.8 Å². The van der Waals surface area contributed by atoms with Crippen LogP contribution in [0.5, 0.6) is 0 Å². The summed E-state index contributed by atoms with van der Waals surface area (Å²) in [4.78, 5) is 0. The van der Waals surface area contributed by atoms with Crippen LogP contribution in [-0.2, 0) is 9.47 Å². The van der Waals surface area contributed by atoms with E-state index in [1.54, 1.807) is 0 Å². The number of nitrogens with one attached hydrogen (secondary N) is 1. The topological polar surface area (TPSA) is 30.5 Å². The Morgan fingerprint density at radius 1 is 1.12 bits per heavy atom. The SMILES string of the molecule is CCCOCC(NCC)C(OCC)C(C)C. The largest absolute Gasteiger partial charge is 0.380 e. The van der Waals surface area contributed by atoms with Crippen LogP contribution in [0.2, 0.25) is 0 Å². The Hall–Kier alpha value is -0.120. The molecule has 1 N–H and O–H groups in total. The Morgan fingerprint density at radius 3 is 2.25 bits per heavy atom. The fourth-order valence-corrected chi connectivity index (χ4v) is 1.85. The van der Waals surface area contributed by atoms with Gasteiger partial charge in [0.1, 0.15) is 0 Å². The molecule has 0 radical (unpaired) electrons. The van der Waals surface area contributed by atoms with Crippen LogP contribution >= 0.6 is 0 Å². The normalized spacial score (nSPS) is 15.4. The molecule has 0 saturated heterocycles. The Morgan fingerprint density at radius 2 is 1.81 bits per heavy atom. The highest BCUT2D eigenvalue weighted by Gasteiger charge is 2.24. The zero-order chi connectivity index (χ0) is 12.4. The van der Waals surface area contributed by atoms with Crippen molar-refractivity contribution in [1.29, 1.82) is 0 Å². The van der Waals surface area contributed by atoms with Gasteiger partial charge in [-0.1, -0.05) is 27.7 Å². The van der Waals surface area contributed by atoms with Gasteiger partial charge in [0, 0.05) is 13.2 Å². The molecule has 16 heavy (non-hydrogen) atoms. The highest BCUT2D eigenvalue weighted by atomic mass is 16.5. The minimum absolute atomic E-state index is 0.238. The third-order valence-electron chi connectivity index (χ3n) is 2.52. The van der Waals surface area contributed by atoms with E-state index >= 15 is 0 Å². The van der Waals surface area contributed by atoms with Crippen LogP contribution < -0.4 is 5.32 Å². The number of ether oxygens (including phenoxy) is 2. The summed E-state index contributed by atoms with van der Waals surface area (Å²) in [6.45, 7) is 14.0. The molecule has 0 aliphatic rings. The third kappa shape index (κ3) is 6.46. The highest BCUT2D eigenvalue weighted by molar-refractivity contribution is 4.79. The third-order valence-corrected chi connectivity index (χ3v) is 2.52. The van der Waals surface area contributed by atoms with E-state index in [4.69, 9.17) is 9.47 Å². The fourth-order valence-electron chi connectivity index (χ4n) is 1.85. The van der Waals surface area contributed by atoms with E-state index in [9.17, 15) is 0 Å². The summed E-state index contributed by atoms with van der Waals surface area (Å²) in [5.74, 6) is 0.509. The Bertz CT molecular complexity index is 151. The van der Waals surface area contributed by atoms with E-state index in [0.29, 0.717) is 12.0 Å². The molecule has 2 unspecified atom stereocenters. The number of hydrogen-bond donors (Lipinski definition) is 1. The molecular weight excluding hydrogens is 202 g/mol. The summed E-state index contributed by atoms with van der Waals surface area (Å²) in [6, 6.07) is 0.302. The van der Waals surface area contributed by atoms with Gasteiger partial charge in [-0.15, -0.1) is 0 Å². The van der Waals surface area contributed by atoms with Crippen molar-refractivity contribution in [3.63, 3.8) is 0 Å². The van der Waals surface area contributed by atoms with Crippen LogP contribution in [0.3, 0.4) is 0 Å². The lowest BCUT2D eigenvalue weighted by Crippen LogP contribution is -2.47. The fraction of sp³-hybridized carbons (Fsp3) is 1.00. The monoisotopic (exact) mass is 231 g/mol. The molecule has 0 aromatic heterocycles. The van der Waals surface area contributed by atoms with Crippen molar-refractivity contribution in [2.75, 3.05) is 26.4 Å². The first kappa shape index (κ1) is 15.9. The van der Waals surface area contributed by atoms with Gasteiger partial charge in [-0.05, 0) is 25.8 Å². The van der Waals surface area contributed by atoms with Gasteiger partial charge in [-0.2, -0.15) is 0 Å². The zero-order valence-electron chi connectivity index (χ0n) is 11.6. The average Bonchev–Trinajstić information content (AvgIpc) is 2.25. The molecule has 0 bridgehead atoms. The van der Waals surface area contributed by atoms with Crippen LogP contribution in [0.4, 0.5) is 0 Å². The first-order chi connectivity index (χ1) is 7.67. The molecule has 3 heteroatoms. The van der Waals surface area contributed by atoms with Crippen LogP contribution in [-0.4, -0.2) is 38.5 Å². The quantitative estimate of drug-likeness (QED) is 0.586. The van der Waals surface area contributed by atoms with E-state index in [1.165, 1.54) is 0 Å². The maximum absolute atomic E-state index is 5.81. The zero-order valence-corrected chi connectivity index (χ0v) is 11.6. The van der Waals surface area contributed by atoms with Crippen LogP contribution in [0.15, 0.2) is 0 Å². The predicted molar refractivity (Wildman–Crippen MR) is 68.8 cm³/mol. The predicted octanol–water partition coefficient (Wildman–Crippen LogP) is 2.45. The molecule has 0 spiro atoms. The van der Waals surface area contributed by atoms with Crippen molar-refractivity contribution in [2.45, 2.75) is 53.2 Å². The second-order valence-corrected chi connectivity index (χ2v) is 4.40. The maximum Gasteiger partial charge on any atom is 0.0773 e. The van der Waals surface area contributed by atoms with Crippen LogP contribution in [0.25, 0.3) is 0 Å². The number of hydrogen-bond acceptors (Lipinski definition) is 3. The molecule has 0 rings (SSSR count). The molecule has 0 aromatic rings. The van der Waals surface area contributed by atoms with Crippen molar-refractivity contribution >= 4 is 0 Å². The lowest BCUT2D eigenvalue weighted by Gasteiger charge is -2.30. The lowest BCUT2D eigenvalue weighted by atomic mass is 10.00. The van der Waals surface area contributed by atoms with E-state index in [1.807, 2.05) is 6.92 Å². The van der Waals surface area contributed by atoms with E-state index in [-0.39, 0.29) is 6.10 Å². The number of rotatable bonds is 10. The van der Waals surface area contributed by atoms with E-state index < -0.39 is 0 Å². The molecule has 0 aliphatic heterocycles. The summed E-state index contributed by atoms with van der Waals surface area (Å²) < 4.78 is 11.4. The van der Waals surface area contributed by atoms with Gasteiger partial charge in [0.25, 0.3) is 0 Å². The average molecular weight is 231 g/mol. The van der Waals surface area contributed by atoms with Crippen molar-refractivity contribution in [2.24, 2.45) is 5.92 Å². The van der Waals surface area contributed by atoms with Gasteiger partial charge in [-0.3, -0.25) is 0 Å². The summed E-state index contributed by atoms with van der Waals surface area (Å²) in [6.07, 6.45) is 1.31. The molecule has 0 fully saturated rings. The van der Waals surface area contributed by atoms with Crippen molar-refractivity contribution in [3.8, 4) is 0 Å². The van der Waals surface area contributed by atoms with Gasteiger partial charge in [0.15, 0.2) is 0 Å². The molecule has 98 valence electrons. The molecular formula is C13H29NO2. The Labute approximate surface area is 101 Å². The summed E-state index contributed by atoms with van der Waals surface area (Å²) >= 11 is 0. The molecule has 0 aromatic carbocycles. The van der Waals surface area contributed by atoms with Crippen LogP contribution in [0.1, 0.15) is 41.0 Å². The van der Waals surface area contributed by atoms with Gasteiger partial charge in [0.2, 0.25) is 0 Å². The summed E-state index contributed by atoms with van der Waals surface area (Å²) in [7, 11) is 0. The van der Waals surface area contributed by atoms with Crippen molar-refractivity contribution < 1.29 is 9.47 Å². The molecule has 3 nitrogen and oxygen atoms in total. The Balaban J connectivity index is 4.20. The minimum atomic E-state index is 0.238. The van der Waals surface area contributed by atoms with Gasteiger partial charge >= 0.3 is 0 Å². The molecule has 0 amide bonds. The molecule has 0 heterocycles. The Kier molecular flexibility index (Phi) is 9.99. The second-order valence-electron chi connectivity index (χ2n) is 4.40. The minimum Gasteiger partial charge on any atom is -0.380 e. The highest BCUT2D eigenvalue weighted by Crippen LogP contribution is 2.12. The summed E-state index contributed by atoms with van der Waals surface area (Å²) in [5.41, 5.74) is 0. The molecule has 2 atom stereocenters. The van der Waals surface area contributed by atoms with Gasteiger partial charge < -0.3 is 14.8 Å². The maximum atomic E-state index is 5.81. The summed E-state index contributed by atoms with van der Waals surface area (Å²) in [5, 5.41) is 3.46. The van der Waals surface area contributed by atoms with E-state index in [2.05, 4.69) is 33.0 Å². The first-order valence-corrected chi connectivity index (χ1v) is 6.59. The second kappa shape index (κ2) is 10.1. The van der Waals surface area contributed by atoms with Crippen molar-refractivity contribution in [1.82, 2.24) is 5.32 Å². The first-order valence-electron chi connectivity index (χ1n) is 6.59. The number of likely N-dealkylation sites (N-methyl/N-ethyl adjacent to an activating group) is 1. The van der Waals surface area contributed by atoms with Crippen LogP contribution in [0, 0.1) is 5.92 Å².